The summed E-state index contributed by atoms with van der Waals surface area (Å²) in [4.78, 5) is 0. The highest BCUT2D eigenvalue weighted by Gasteiger charge is 2.08. The predicted molar refractivity (Wildman–Crippen MR) is 82.3 cm³/mol. The summed E-state index contributed by atoms with van der Waals surface area (Å²) in [5, 5.41) is 3.98. The number of nitrogens with one attached hydrogen (secondary N) is 1. The Morgan fingerprint density at radius 1 is 1.21 bits per heavy atom. The van der Waals surface area contributed by atoms with Crippen LogP contribution in [0.3, 0.4) is 0 Å². The minimum atomic E-state index is -0.177. The van der Waals surface area contributed by atoms with Crippen LogP contribution in [0.2, 0.25) is 5.02 Å². The van der Waals surface area contributed by atoms with Gasteiger partial charge in [0.15, 0.2) is 0 Å². The Hall–Kier alpha value is -1.06. The first kappa shape index (κ1) is 14.4. The fourth-order valence-electron chi connectivity index (χ4n) is 1.80. The first-order chi connectivity index (χ1) is 8.97. The molecule has 1 unspecified atom stereocenters. The molecule has 1 nitrogen and oxygen atoms in total. The zero-order valence-electron chi connectivity index (χ0n) is 10.7. The van der Waals surface area contributed by atoms with E-state index in [1.807, 2.05) is 31.2 Å². The van der Waals surface area contributed by atoms with Crippen LogP contribution in [0.25, 0.3) is 0 Å². The summed E-state index contributed by atoms with van der Waals surface area (Å²) < 4.78 is 14.4. The number of aryl methyl sites for hydroxylation is 1. The van der Waals surface area contributed by atoms with Crippen molar-refractivity contribution >= 4 is 33.2 Å². The lowest BCUT2D eigenvalue weighted by atomic mass is 10.1. The van der Waals surface area contributed by atoms with Gasteiger partial charge in [-0.15, -0.1) is 0 Å². The summed E-state index contributed by atoms with van der Waals surface area (Å²) >= 11 is 9.33. The van der Waals surface area contributed by atoms with E-state index in [2.05, 4.69) is 21.2 Å². The quantitative estimate of drug-likeness (QED) is 0.752. The van der Waals surface area contributed by atoms with Crippen LogP contribution in [0.4, 0.5) is 10.1 Å². The van der Waals surface area contributed by atoms with Gasteiger partial charge in [-0.3, -0.25) is 0 Å². The van der Waals surface area contributed by atoms with Gasteiger partial charge < -0.3 is 5.32 Å². The molecule has 0 heterocycles. The Bertz CT molecular complexity index is 601. The highest BCUT2D eigenvalue weighted by molar-refractivity contribution is 9.10. The standard InChI is InChI=1S/C15H14BrClFN/c1-9-3-4-11(7-15(9)18)10(2)19-12-5-6-14(17)13(16)8-12/h3-8,10,19H,1-2H3. The molecule has 0 aliphatic heterocycles. The van der Waals surface area contributed by atoms with Crippen molar-refractivity contribution < 1.29 is 4.39 Å². The predicted octanol–water partition coefficient (Wildman–Crippen LogP) is 5.72. The van der Waals surface area contributed by atoms with Crippen LogP contribution in [-0.2, 0) is 0 Å². The van der Waals surface area contributed by atoms with Gasteiger partial charge in [-0.1, -0.05) is 23.7 Å². The zero-order valence-corrected chi connectivity index (χ0v) is 13.0. The topological polar surface area (TPSA) is 12.0 Å². The summed E-state index contributed by atoms with van der Waals surface area (Å²) in [6.45, 7) is 3.75. The molecule has 0 bridgehead atoms. The third-order valence-corrected chi connectivity index (χ3v) is 4.21. The van der Waals surface area contributed by atoms with Gasteiger partial charge in [-0.05, 0) is 65.2 Å². The van der Waals surface area contributed by atoms with Crippen molar-refractivity contribution in [2.24, 2.45) is 0 Å². The van der Waals surface area contributed by atoms with Gasteiger partial charge in [0.05, 0.1) is 5.02 Å². The molecule has 0 amide bonds. The maximum Gasteiger partial charge on any atom is 0.126 e. The third-order valence-electron chi connectivity index (χ3n) is 3.00. The zero-order chi connectivity index (χ0) is 14.0. The van der Waals surface area contributed by atoms with Gasteiger partial charge in [-0.2, -0.15) is 0 Å². The van der Waals surface area contributed by atoms with E-state index in [1.165, 1.54) is 0 Å². The maximum atomic E-state index is 13.5. The lowest BCUT2D eigenvalue weighted by molar-refractivity contribution is 0.614. The van der Waals surface area contributed by atoms with Crippen LogP contribution >= 0.6 is 27.5 Å². The number of anilines is 1. The monoisotopic (exact) mass is 341 g/mol. The Labute approximate surface area is 125 Å². The van der Waals surface area contributed by atoms with Crippen LogP contribution in [0.1, 0.15) is 24.1 Å². The number of hydrogen-bond acceptors (Lipinski definition) is 1. The summed E-state index contributed by atoms with van der Waals surface area (Å²) in [6, 6.07) is 10.9. The van der Waals surface area contributed by atoms with E-state index in [0.717, 1.165) is 15.7 Å². The molecule has 19 heavy (non-hydrogen) atoms. The SMILES string of the molecule is Cc1ccc(C(C)Nc2ccc(Cl)c(Br)c2)cc1F. The van der Waals surface area contributed by atoms with Gasteiger partial charge >= 0.3 is 0 Å². The smallest absolute Gasteiger partial charge is 0.126 e. The second-order valence-electron chi connectivity index (χ2n) is 4.50. The van der Waals surface area contributed by atoms with Crippen LogP contribution in [-0.4, -0.2) is 0 Å². The van der Waals surface area contributed by atoms with Crippen molar-refractivity contribution in [3.8, 4) is 0 Å². The van der Waals surface area contributed by atoms with E-state index in [9.17, 15) is 4.39 Å². The summed E-state index contributed by atoms with van der Waals surface area (Å²) in [5.41, 5.74) is 2.50. The normalized spacial score (nSPS) is 12.3. The fourth-order valence-corrected chi connectivity index (χ4v) is 2.29. The molecule has 2 aromatic rings. The molecule has 0 saturated carbocycles. The largest absolute Gasteiger partial charge is 0.378 e. The van der Waals surface area contributed by atoms with Gasteiger partial charge in [-0.25, -0.2) is 4.39 Å². The summed E-state index contributed by atoms with van der Waals surface area (Å²) in [7, 11) is 0. The Morgan fingerprint density at radius 3 is 2.58 bits per heavy atom. The molecular formula is C15H14BrClFN. The van der Waals surface area contributed by atoms with Crippen molar-refractivity contribution in [1.29, 1.82) is 0 Å². The molecular weight excluding hydrogens is 329 g/mol. The van der Waals surface area contributed by atoms with E-state index in [1.54, 1.807) is 19.1 Å². The number of rotatable bonds is 3. The molecule has 1 N–H and O–H groups in total. The maximum absolute atomic E-state index is 13.5. The van der Waals surface area contributed by atoms with Gasteiger partial charge in [0.1, 0.15) is 5.82 Å². The minimum Gasteiger partial charge on any atom is -0.378 e. The van der Waals surface area contributed by atoms with E-state index < -0.39 is 0 Å². The Morgan fingerprint density at radius 2 is 1.95 bits per heavy atom. The van der Waals surface area contributed by atoms with Crippen molar-refractivity contribution in [2.45, 2.75) is 19.9 Å². The van der Waals surface area contributed by atoms with E-state index in [-0.39, 0.29) is 11.9 Å². The molecule has 2 aromatic carbocycles. The molecule has 1 atom stereocenters. The Kier molecular flexibility index (Phi) is 4.48. The van der Waals surface area contributed by atoms with Crippen molar-refractivity contribution in [3.05, 3.63) is 62.8 Å². The second kappa shape index (κ2) is 5.93. The third kappa shape index (κ3) is 3.48. The highest BCUT2D eigenvalue weighted by Crippen LogP contribution is 2.28. The summed E-state index contributed by atoms with van der Waals surface area (Å²) in [6.07, 6.45) is 0. The molecule has 0 aliphatic rings. The first-order valence-corrected chi connectivity index (χ1v) is 7.12. The molecule has 0 saturated heterocycles. The fraction of sp³-hybridized carbons (Fsp3) is 0.200. The van der Waals surface area contributed by atoms with Crippen molar-refractivity contribution in [1.82, 2.24) is 0 Å². The van der Waals surface area contributed by atoms with Crippen LogP contribution in [0.5, 0.6) is 0 Å². The second-order valence-corrected chi connectivity index (χ2v) is 5.77. The molecule has 0 radical (unpaired) electrons. The van der Waals surface area contributed by atoms with Crippen LogP contribution < -0.4 is 5.32 Å². The average Bonchev–Trinajstić information content (AvgIpc) is 2.37. The Balaban J connectivity index is 2.17. The minimum absolute atomic E-state index is 0.0168. The van der Waals surface area contributed by atoms with E-state index >= 15 is 0 Å². The molecule has 4 heteroatoms. The molecule has 0 aliphatic carbocycles. The first-order valence-electron chi connectivity index (χ1n) is 5.95. The summed E-state index contributed by atoms with van der Waals surface area (Å²) in [5.74, 6) is -0.177. The van der Waals surface area contributed by atoms with Crippen molar-refractivity contribution in [2.75, 3.05) is 5.32 Å². The van der Waals surface area contributed by atoms with Crippen molar-refractivity contribution in [3.63, 3.8) is 0 Å². The van der Waals surface area contributed by atoms with Gasteiger partial charge in [0, 0.05) is 16.2 Å². The molecule has 2 rings (SSSR count). The molecule has 100 valence electrons. The number of hydrogen-bond donors (Lipinski definition) is 1. The van der Waals surface area contributed by atoms with E-state index in [4.69, 9.17) is 11.6 Å². The average molecular weight is 343 g/mol. The van der Waals surface area contributed by atoms with Gasteiger partial charge in [0.2, 0.25) is 0 Å². The molecule has 0 aromatic heterocycles. The number of halogens is 3. The lowest BCUT2D eigenvalue weighted by Gasteiger charge is -2.16. The molecule has 0 fully saturated rings. The van der Waals surface area contributed by atoms with Crippen LogP contribution in [0, 0.1) is 12.7 Å². The number of benzene rings is 2. The lowest BCUT2D eigenvalue weighted by Crippen LogP contribution is -2.07. The molecule has 0 spiro atoms. The van der Waals surface area contributed by atoms with Gasteiger partial charge in [0.25, 0.3) is 0 Å². The van der Waals surface area contributed by atoms with E-state index in [0.29, 0.717) is 10.6 Å². The van der Waals surface area contributed by atoms with Crippen LogP contribution in [0.15, 0.2) is 40.9 Å². The highest BCUT2D eigenvalue weighted by atomic mass is 79.9.